The van der Waals surface area contributed by atoms with Gasteiger partial charge in [0.15, 0.2) is 12.2 Å². The minimum absolute atomic E-state index is 0.0620. The van der Waals surface area contributed by atoms with Crippen molar-refractivity contribution in [2.75, 3.05) is 6.54 Å². The van der Waals surface area contributed by atoms with E-state index >= 15 is 0 Å². The fourth-order valence-corrected chi connectivity index (χ4v) is 2.82. The van der Waals surface area contributed by atoms with Gasteiger partial charge in [-0.2, -0.15) is 0 Å². The molecule has 0 unspecified atom stereocenters. The smallest absolute Gasteiger partial charge is 0.227 e. The number of rotatable bonds is 3. The van der Waals surface area contributed by atoms with Gasteiger partial charge in [-0.1, -0.05) is 23.7 Å². The van der Waals surface area contributed by atoms with Crippen molar-refractivity contribution < 1.29 is 13.6 Å². The van der Waals surface area contributed by atoms with Gasteiger partial charge < -0.3 is 9.32 Å². The molecule has 1 aromatic heterocycles. The normalized spacial score (nSPS) is 16.0. The van der Waals surface area contributed by atoms with Crippen LogP contribution in [0.3, 0.4) is 0 Å². The number of hydrogen-bond acceptors (Lipinski definition) is 3. The molecule has 0 fully saturated rings. The predicted molar refractivity (Wildman–Crippen MR) is 85.1 cm³/mol. The highest BCUT2D eigenvalue weighted by Crippen LogP contribution is 2.30. The van der Waals surface area contributed by atoms with E-state index in [1.165, 1.54) is 12.5 Å². The van der Waals surface area contributed by atoms with Crippen LogP contribution in [0.4, 0.5) is 4.39 Å². The standard InChI is InChI=1S/C17H16ClFN2O2/c1-11-2-3-12(6-15(11)19)9-21-5-4-14(18)13(7-17(21)22)16-8-20-10-23-16/h2-3,6,8,10H,4-5,7,9H2,1H3. The van der Waals surface area contributed by atoms with E-state index in [1.54, 1.807) is 24.1 Å². The molecule has 0 saturated heterocycles. The summed E-state index contributed by atoms with van der Waals surface area (Å²) in [4.78, 5) is 18.1. The van der Waals surface area contributed by atoms with Gasteiger partial charge in [0.25, 0.3) is 0 Å². The number of carbonyl (C=O) groups is 1. The van der Waals surface area contributed by atoms with Crippen molar-refractivity contribution in [1.82, 2.24) is 9.88 Å². The number of nitrogens with zero attached hydrogens (tertiary/aromatic N) is 2. The molecule has 1 aliphatic rings. The van der Waals surface area contributed by atoms with E-state index in [0.717, 1.165) is 5.56 Å². The molecule has 3 rings (SSSR count). The van der Waals surface area contributed by atoms with E-state index in [1.807, 2.05) is 6.07 Å². The lowest BCUT2D eigenvalue weighted by molar-refractivity contribution is -0.130. The Kier molecular flexibility index (Phi) is 4.48. The van der Waals surface area contributed by atoms with Crippen molar-refractivity contribution in [3.8, 4) is 0 Å². The second kappa shape index (κ2) is 6.54. The lowest BCUT2D eigenvalue weighted by Gasteiger charge is -2.21. The lowest BCUT2D eigenvalue weighted by atomic mass is 10.1. The highest BCUT2D eigenvalue weighted by Gasteiger charge is 2.24. The number of halogens is 2. The van der Waals surface area contributed by atoms with Crippen LogP contribution < -0.4 is 0 Å². The van der Waals surface area contributed by atoms with E-state index in [-0.39, 0.29) is 18.1 Å². The second-order valence-corrected chi connectivity index (χ2v) is 6.03. The first-order valence-corrected chi connectivity index (χ1v) is 7.71. The topological polar surface area (TPSA) is 46.3 Å². The van der Waals surface area contributed by atoms with Crippen LogP contribution in [-0.2, 0) is 11.3 Å². The molecule has 120 valence electrons. The summed E-state index contributed by atoms with van der Waals surface area (Å²) >= 11 is 6.31. The largest absolute Gasteiger partial charge is 0.444 e. The van der Waals surface area contributed by atoms with Crippen LogP contribution in [0.5, 0.6) is 0 Å². The zero-order valence-electron chi connectivity index (χ0n) is 12.7. The molecule has 1 aliphatic heterocycles. The van der Waals surface area contributed by atoms with Crippen molar-refractivity contribution >= 4 is 23.1 Å². The molecule has 23 heavy (non-hydrogen) atoms. The Hall–Kier alpha value is -2.14. The van der Waals surface area contributed by atoms with Crippen molar-refractivity contribution in [2.24, 2.45) is 0 Å². The molecule has 0 atom stereocenters. The van der Waals surface area contributed by atoms with Gasteiger partial charge in [0.05, 0.1) is 12.6 Å². The van der Waals surface area contributed by atoms with Gasteiger partial charge in [0, 0.05) is 30.1 Å². The third-order valence-electron chi connectivity index (χ3n) is 3.95. The lowest BCUT2D eigenvalue weighted by Crippen LogP contribution is -2.30. The van der Waals surface area contributed by atoms with Gasteiger partial charge in [-0.15, -0.1) is 0 Å². The summed E-state index contributed by atoms with van der Waals surface area (Å²) < 4.78 is 18.9. The molecular weight excluding hydrogens is 319 g/mol. The summed E-state index contributed by atoms with van der Waals surface area (Å²) in [6.07, 6.45) is 3.56. The number of amides is 1. The van der Waals surface area contributed by atoms with Gasteiger partial charge in [0.2, 0.25) is 5.91 Å². The number of oxazole rings is 1. The molecule has 0 N–H and O–H groups in total. The maximum Gasteiger partial charge on any atom is 0.227 e. The molecule has 1 aromatic carbocycles. The molecule has 4 nitrogen and oxygen atoms in total. The van der Waals surface area contributed by atoms with E-state index in [4.69, 9.17) is 16.0 Å². The first-order chi connectivity index (χ1) is 11.0. The van der Waals surface area contributed by atoms with E-state index < -0.39 is 0 Å². The molecule has 6 heteroatoms. The molecule has 0 radical (unpaired) electrons. The minimum Gasteiger partial charge on any atom is -0.444 e. The molecule has 2 aromatic rings. The zero-order chi connectivity index (χ0) is 16.4. The maximum absolute atomic E-state index is 13.7. The Balaban J connectivity index is 1.77. The third kappa shape index (κ3) is 3.45. The van der Waals surface area contributed by atoms with Crippen LogP contribution in [0, 0.1) is 12.7 Å². The van der Waals surface area contributed by atoms with Crippen molar-refractivity contribution in [3.05, 3.63) is 58.5 Å². The number of aromatic nitrogens is 1. The molecule has 1 amide bonds. The highest BCUT2D eigenvalue weighted by molar-refractivity contribution is 6.33. The Morgan fingerprint density at radius 2 is 2.26 bits per heavy atom. The van der Waals surface area contributed by atoms with Crippen LogP contribution in [0.25, 0.3) is 5.57 Å². The summed E-state index contributed by atoms with van der Waals surface area (Å²) in [6.45, 7) is 2.57. The number of hydrogen-bond donors (Lipinski definition) is 0. The molecule has 2 heterocycles. The third-order valence-corrected chi connectivity index (χ3v) is 4.37. The Morgan fingerprint density at radius 1 is 1.43 bits per heavy atom. The molecular formula is C17H16ClFN2O2. The highest BCUT2D eigenvalue weighted by atomic mass is 35.5. The monoisotopic (exact) mass is 334 g/mol. The molecule has 0 aliphatic carbocycles. The SMILES string of the molecule is Cc1ccc(CN2CCC(Cl)=C(c3cnco3)CC2=O)cc1F. The maximum atomic E-state index is 13.7. The zero-order valence-corrected chi connectivity index (χ0v) is 13.4. The van der Waals surface area contributed by atoms with Gasteiger partial charge in [-0.05, 0) is 24.1 Å². The fraction of sp³-hybridized carbons (Fsp3) is 0.294. The quantitative estimate of drug-likeness (QED) is 0.855. The van der Waals surface area contributed by atoms with Crippen LogP contribution >= 0.6 is 11.6 Å². The summed E-state index contributed by atoms with van der Waals surface area (Å²) in [5.41, 5.74) is 2.03. The van der Waals surface area contributed by atoms with E-state index in [2.05, 4.69) is 4.98 Å². The van der Waals surface area contributed by atoms with Gasteiger partial charge in [-0.25, -0.2) is 9.37 Å². The van der Waals surface area contributed by atoms with Crippen LogP contribution in [0.1, 0.15) is 29.7 Å². The number of carbonyl (C=O) groups excluding carboxylic acids is 1. The fourth-order valence-electron chi connectivity index (χ4n) is 2.58. The molecule has 0 saturated carbocycles. The Labute approximate surface area is 138 Å². The van der Waals surface area contributed by atoms with Crippen molar-refractivity contribution in [2.45, 2.75) is 26.3 Å². The first-order valence-electron chi connectivity index (χ1n) is 7.34. The average molecular weight is 335 g/mol. The predicted octanol–water partition coefficient (Wildman–Crippen LogP) is 3.89. The molecule has 0 bridgehead atoms. The summed E-state index contributed by atoms with van der Waals surface area (Å²) in [6, 6.07) is 5.03. The van der Waals surface area contributed by atoms with Crippen molar-refractivity contribution in [1.29, 1.82) is 0 Å². The van der Waals surface area contributed by atoms with Crippen LogP contribution in [0.15, 0.2) is 40.2 Å². The van der Waals surface area contributed by atoms with E-state index in [9.17, 15) is 9.18 Å². The van der Waals surface area contributed by atoms with Crippen LogP contribution in [0.2, 0.25) is 0 Å². The average Bonchev–Trinajstić information content (AvgIpc) is 3.01. The summed E-state index contributed by atoms with van der Waals surface area (Å²) in [5, 5.41) is 0.604. The van der Waals surface area contributed by atoms with Crippen molar-refractivity contribution in [3.63, 3.8) is 0 Å². The minimum atomic E-state index is -0.261. The van der Waals surface area contributed by atoms with Gasteiger partial charge >= 0.3 is 0 Å². The first kappa shape index (κ1) is 15.7. The number of aryl methyl sites for hydroxylation is 1. The van der Waals surface area contributed by atoms with Crippen LogP contribution in [-0.4, -0.2) is 22.3 Å². The molecule has 0 spiro atoms. The Bertz CT molecular complexity index is 756. The summed E-state index contributed by atoms with van der Waals surface area (Å²) in [7, 11) is 0. The summed E-state index contributed by atoms with van der Waals surface area (Å²) in [5.74, 6) is 0.197. The van der Waals surface area contributed by atoms with Gasteiger partial charge in [0.1, 0.15) is 5.82 Å². The van der Waals surface area contributed by atoms with E-state index in [0.29, 0.717) is 41.4 Å². The number of benzene rings is 1. The Morgan fingerprint density at radius 3 is 2.96 bits per heavy atom. The van der Waals surface area contributed by atoms with Gasteiger partial charge in [-0.3, -0.25) is 4.79 Å². The second-order valence-electron chi connectivity index (χ2n) is 5.57.